The number of aryl methyl sites for hydroxylation is 1. The van der Waals surface area contributed by atoms with Gasteiger partial charge in [0.05, 0.1) is 11.1 Å². The lowest BCUT2D eigenvalue weighted by molar-refractivity contribution is 0.0651. The first-order chi connectivity index (χ1) is 7.97. The van der Waals surface area contributed by atoms with Crippen LogP contribution in [0.3, 0.4) is 0 Å². The molecule has 0 saturated carbocycles. The van der Waals surface area contributed by atoms with Crippen molar-refractivity contribution in [1.29, 1.82) is 0 Å². The van der Waals surface area contributed by atoms with Gasteiger partial charge in [0.1, 0.15) is 0 Å². The molecule has 0 radical (unpaired) electrons. The van der Waals surface area contributed by atoms with Gasteiger partial charge in [0.2, 0.25) is 0 Å². The van der Waals surface area contributed by atoms with Crippen LogP contribution in [0.1, 0.15) is 46.0 Å². The van der Waals surface area contributed by atoms with Gasteiger partial charge in [-0.05, 0) is 30.5 Å². The Balaban J connectivity index is 3.24. The van der Waals surface area contributed by atoms with E-state index in [2.05, 4.69) is 0 Å². The molecule has 0 aliphatic rings. The monoisotopic (exact) mass is 256 g/mol. The van der Waals surface area contributed by atoms with Crippen LogP contribution < -0.4 is 0 Å². The Morgan fingerprint density at radius 2 is 1.71 bits per heavy atom. The van der Waals surface area contributed by atoms with Gasteiger partial charge in [0, 0.05) is 5.02 Å². The van der Waals surface area contributed by atoms with Crippen LogP contribution in [0.5, 0.6) is 0 Å². The number of unbranched alkanes of at least 4 members (excludes halogenated alkanes) is 1. The summed E-state index contributed by atoms with van der Waals surface area (Å²) in [6.07, 6.45) is 2.49. The highest BCUT2D eigenvalue weighted by molar-refractivity contribution is 6.32. The van der Waals surface area contributed by atoms with Gasteiger partial charge in [-0.15, -0.1) is 0 Å². The summed E-state index contributed by atoms with van der Waals surface area (Å²) in [5.74, 6) is -2.54. The standard InChI is InChI=1S/C12H13ClO4/c1-2-3-4-7-5-8(11(14)15)9(12(16)17)6-10(7)13/h5-6H,2-4H2,1H3,(H,14,15)(H,16,17). The van der Waals surface area contributed by atoms with Crippen LogP contribution in [0.15, 0.2) is 12.1 Å². The molecular formula is C12H13ClO4. The van der Waals surface area contributed by atoms with Crippen LogP contribution in [0.4, 0.5) is 0 Å². The molecule has 0 spiro atoms. The van der Waals surface area contributed by atoms with E-state index in [1.54, 1.807) is 0 Å². The summed E-state index contributed by atoms with van der Waals surface area (Å²) in [4.78, 5) is 21.8. The number of carboxylic acids is 2. The Morgan fingerprint density at radius 1 is 1.18 bits per heavy atom. The van der Waals surface area contributed by atoms with E-state index in [9.17, 15) is 9.59 Å². The lowest BCUT2D eigenvalue weighted by atomic mass is 10.0. The van der Waals surface area contributed by atoms with E-state index in [1.165, 1.54) is 12.1 Å². The number of hydrogen-bond acceptors (Lipinski definition) is 2. The number of halogens is 1. The van der Waals surface area contributed by atoms with Crippen LogP contribution in [0, 0.1) is 0 Å². The molecule has 1 aromatic carbocycles. The highest BCUT2D eigenvalue weighted by atomic mass is 35.5. The highest BCUT2D eigenvalue weighted by Crippen LogP contribution is 2.23. The largest absolute Gasteiger partial charge is 0.478 e. The Hall–Kier alpha value is -1.55. The molecule has 0 bridgehead atoms. The quantitative estimate of drug-likeness (QED) is 0.849. The topological polar surface area (TPSA) is 74.6 Å². The highest BCUT2D eigenvalue weighted by Gasteiger charge is 2.18. The van der Waals surface area contributed by atoms with Crippen molar-refractivity contribution in [3.05, 3.63) is 33.8 Å². The second kappa shape index (κ2) is 5.68. The molecule has 17 heavy (non-hydrogen) atoms. The molecule has 0 unspecified atom stereocenters. The van der Waals surface area contributed by atoms with Crippen molar-refractivity contribution in [2.45, 2.75) is 26.2 Å². The number of rotatable bonds is 5. The zero-order valence-corrected chi connectivity index (χ0v) is 10.1. The molecule has 0 saturated heterocycles. The van der Waals surface area contributed by atoms with Gasteiger partial charge in [0.25, 0.3) is 0 Å². The van der Waals surface area contributed by atoms with E-state index in [0.717, 1.165) is 12.8 Å². The summed E-state index contributed by atoms with van der Waals surface area (Å²) in [7, 11) is 0. The Bertz CT molecular complexity index is 454. The molecule has 0 amide bonds. The second-order valence-corrected chi connectivity index (χ2v) is 4.11. The van der Waals surface area contributed by atoms with Gasteiger partial charge in [-0.2, -0.15) is 0 Å². The maximum Gasteiger partial charge on any atom is 0.336 e. The number of benzene rings is 1. The average molecular weight is 257 g/mol. The summed E-state index contributed by atoms with van der Waals surface area (Å²) in [6.45, 7) is 2.01. The molecule has 2 N–H and O–H groups in total. The van der Waals surface area contributed by atoms with Gasteiger partial charge >= 0.3 is 11.9 Å². The van der Waals surface area contributed by atoms with Gasteiger partial charge in [-0.1, -0.05) is 24.9 Å². The van der Waals surface area contributed by atoms with E-state index < -0.39 is 11.9 Å². The van der Waals surface area contributed by atoms with Gasteiger partial charge in [-0.25, -0.2) is 9.59 Å². The van der Waals surface area contributed by atoms with Crippen molar-refractivity contribution in [1.82, 2.24) is 0 Å². The zero-order valence-electron chi connectivity index (χ0n) is 9.36. The minimum Gasteiger partial charge on any atom is -0.478 e. The number of hydrogen-bond donors (Lipinski definition) is 2. The van der Waals surface area contributed by atoms with Gasteiger partial charge < -0.3 is 10.2 Å². The fraction of sp³-hybridized carbons (Fsp3) is 0.333. The molecule has 0 heterocycles. The molecule has 0 aliphatic carbocycles. The molecule has 0 aromatic heterocycles. The summed E-state index contributed by atoms with van der Waals surface area (Å²) in [6, 6.07) is 2.56. The van der Waals surface area contributed by atoms with Crippen molar-refractivity contribution in [2.24, 2.45) is 0 Å². The van der Waals surface area contributed by atoms with Crippen LogP contribution >= 0.6 is 11.6 Å². The first-order valence-corrected chi connectivity index (χ1v) is 5.64. The van der Waals surface area contributed by atoms with Crippen molar-refractivity contribution in [2.75, 3.05) is 0 Å². The fourth-order valence-corrected chi connectivity index (χ4v) is 1.79. The summed E-state index contributed by atoms with van der Waals surface area (Å²) < 4.78 is 0. The molecule has 4 nitrogen and oxygen atoms in total. The van der Waals surface area contributed by atoms with Crippen LogP contribution in [-0.4, -0.2) is 22.2 Å². The Kier molecular flexibility index (Phi) is 4.52. The van der Waals surface area contributed by atoms with Crippen molar-refractivity contribution < 1.29 is 19.8 Å². The van der Waals surface area contributed by atoms with E-state index in [1.807, 2.05) is 6.92 Å². The molecule has 0 fully saturated rings. The second-order valence-electron chi connectivity index (χ2n) is 3.70. The normalized spacial score (nSPS) is 10.2. The van der Waals surface area contributed by atoms with Crippen molar-refractivity contribution >= 4 is 23.5 Å². The molecule has 0 atom stereocenters. The Morgan fingerprint density at radius 3 is 2.18 bits per heavy atom. The lowest BCUT2D eigenvalue weighted by Gasteiger charge is -2.08. The first kappa shape index (κ1) is 13.5. The number of carboxylic acid groups (broad SMARTS) is 2. The number of carbonyl (C=O) groups is 2. The van der Waals surface area contributed by atoms with E-state index >= 15 is 0 Å². The predicted molar refractivity (Wildman–Crippen MR) is 64.0 cm³/mol. The van der Waals surface area contributed by atoms with E-state index in [-0.39, 0.29) is 11.1 Å². The van der Waals surface area contributed by atoms with Crippen molar-refractivity contribution in [3.63, 3.8) is 0 Å². The lowest BCUT2D eigenvalue weighted by Crippen LogP contribution is -2.09. The summed E-state index contributed by atoms with van der Waals surface area (Å²) >= 11 is 5.93. The van der Waals surface area contributed by atoms with E-state index in [0.29, 0.717) is 17.0 Å². The van der Waals surface area contributed by atoms with Crippen molar-refractivity contribution in [3.8, 4) is 0 Å². The maximum absolute atomic E-state index is 11.0. The predicted octanol–water partition coefficient (Wildman–Crippen LogP) is 3.08. The summed E-state index contributed by atoms with van der Waals surface area (Å²) in [5, 5.41) is 18.1. The summed E-state index contributed by atoms with van der Waals surface area (Å²) in [5.41, 5.74) is 0.187. The first-order valence-electron chi connectivity index (χ1n) is 5.26. The molecular weight excluding hydrogens is 244 g/mol. The van der Waals surface area contributed by atoms with Crippen LogP contribution in [0.25, 0.3) is 0 Å². The Labute approximate surface area is 104 Å². The van der Waals surface area contributed by atoms with Crippen LogP contribution in [-0.2, 0) is 6.42 Å². The molecule has 0 aliphatic heterocycles. The average Bonchev–Trinajstić information content (AvgIpc) is 2.26. The SMILES string of the molecule is CCCCc1cc(C(=O)O)c(C(=O)O)cc1Cl. The fourth-order valence-electron chi connectivity index (χ4n) is 1.53. The minimum absolute atomic E-state index is 0.215. The third kappa shape index (κ3) is 3.20. The van der Waals surface area contributed by atoms with Crippen LogP contribution in [0.2, 0.25) is 5.02 Å². The molecule has 5 heteroatoms. The van der Waals surface area contributed by atoms with Gasteiger partial charge in [-0.3, -0.25) is 0 Å². The van der Waals surface area contributed by atoms with Gasteiger partial charge in [0.15, 0.2) is 0 Å². The third-order valence-electron chi connectivity index (χ3n) is 2.45. The maximum atomic E-state index is 11.0. The molecule has 1 aromatic rings. The minimum atomic E-state index is -1.29. The zero-order chi connectivity index (χ0) is 13.0. The van der Waals surface area contributed by atoms with E-state index in [4.69, 9.17) is 21.8 Å². The molecule has 1 rings (SSSR count). The molecule has 92 valence electrons. The smallest absolute Gasteiger partial charge is 0.336 e. The number of aromatic carboxylic acids is 2. The third-order valence-corrected chi connectivity index (χ3v) is 2.80.